The first kappa shape index (κ1) is 16.5. The first-order valence-corrected chi connectivity index (χ1v) is 9.06. The number of nitrogens with zero attached hydrogens (tertiary/aromatic N) is 4. The molecule has 0 bridgehead atoms. The van der Waals surface area contributed by atoms with Crippen molar-refractivity contribution < 1.29 is 9.84 Å². The number of rotatable bonds is 7. The summed E-state index contributed by atoms with van der Waals surface area (Å²) in [4.78, 5) is 0. The Balaban J connectivity index is 1.46. The van der Waals surface area contributed by atoms with Crippen LogP contribution in [0.2, 0.25) is 5.02 Å². The molecule has 0 aliphatic heterocycles. The summed E-state index contributed by atoms with van der Waals surface area (Å²) in [6.45, 7) is 0.222. The summed E-state index contributed by atoms with van der Waals surface area (Å²) in [6, 6.07) is 7.47. The van der Waals surface area contributed by atoms with E-state index in [2.05, 4.69) is 15.5 Å². The van der Waals surface area contributed by atoms with Gasteiger partial charge in [-0.3, -0.25) is 0 Å². The molecule has 1 unspecified atom stereocenters. The Bertz CT molecular complexity index is 616. The number of ether oxygens (including phenoxy) is 1. The largest absolute Gasteiger partial charge is 0.491 e. The highest BCUT2D eigenvalue weighted by Crippen LogP contribution is 2.31. The summed E-state index contributed by atoms with van der Waals surface area (Å²) >= 11 is 7.28. The Morgan fingerprint density at radius 3 is 2.78 bits per heavy atom. The molecule has 0 amide bonds. The van der Waals surface area contributed by atoms with Gasteiger partial charge < -0.3 is 9.84 Å². The SMILES string of the molecule is OC(COc1ccc(Cl)cc1)CSc1nnnn1C1CCCC1. The van der Waals surface area contributed by atoms with Crippen molar-refractivity contribution >= 4 is 23.4 Å². The smallest absolute Gasteiger partial charge is 0.209 e. The van der Waals surface area contributed by atoms with Crippen LogP contribution < -0.4 is 4.74 Å². The van der Waals surface area contributed by atoms with Crippen molar-refractivity contribution in [3.8, 4) is 5.75 Å². The average Bonchev–Trinajstić information content (AvgIpc) is 3.23. The molecule has 6 nitrogen and oxygen atoms in total. The van der Waals surface area contributed by atoms with E-state index in [4.69, 9.17) is 16.3 Å². The van der Waals surface area contributed by atoms with Crippen LogP contribution in [0.25, 0.3) is 0 Å². The van der Waals surface area contributed by atoms with Crippen molar-refractivity contribution in [1.82, 2.24) is 20.2 Å². The zero-order valence-electron chi connectivity index (χ0n) is 12.6. The second-order valence-corrected chi connectivity index (χ2v) is 7.00. The number of hydrogen-bond acceptors (Lipinski definition) is 6. The fourth-order valence-corrected chi connectivity index (χ4v) is 3.58. The summed E-state index contributed by atoms with van der Waals surface area (Å²) in [7, 11) is 0. The molecule has 1 heterocycles. The summed E-state index contributed by atoms with van der Waals surface area (Å²) in [5, 5.41) is 23.4. The second-order valence-electron chi connectivity index (χ2n) is 5.57. The maximum atomic E-state index is 10.1. The number of hydrogen-bond donors (Lipinski definition) is 1. The van der Waals surface area contributed by atoms with Gasteiger partial charge in [-0.2, -0.15) is 0 Å². The minimum Gasteiger partial charge on any atom is -0.491 e. The molecule has 1 saturated carbocycles. The van der Waals surface area contributed by atoms with Crippen LogP contribution in [-0.2, 0) is 0 Å². The van der Waals surface area contributed by atoms with Gasteiger partial charge in [-0.15, -0.1) is 5.10 Å². The van der Waals surface area contributed by atoms with Crippen LogP contribution in [0.5, 0.6) is 5.75 Å². The third kappa shape index (κ3) is 4.59. The van der Waals surface area contributed by atoms with Gasteiger partial charge in [0.1, 0.15) is 12.4 Å². The average molecular weight is 355 g/mol. The molecule has 1 N–H and O–H groups in total. The molecule has 23 heavy (non-hydrogen) atoms. The molecule has 124 valence electrons. The van der Waals surface area contributed by atoms with Gasteiger partial charge in [-0.05, 0) is 47.5 Å². The Morgan fingerprint density at radius 1 is 1.30 bits per heavy atom. The predicted molar refractivity (Wildman–Crippen MR) is 89.0 cm³/mol. The highest BCUT2D eigenvalue weighted by molar-refractivity contribution is 7.99. The lowest BCUT2D eigenvalue weighted by Crippen LogP contribution is -2.20. The number of aromatic nitrogens is 4. The van der Waals surface area contributed by atoms with Gasteiger partial charge in [0.05, 0.1) is 12.1 Å². The zero-order chi connectivity index (χ0) is 16.1. The lowest BCUT2D eigenvalue weighted by molar-refractivity contribution is 0.126. The molecule has 0 saturated heterocycles. The first-order chi connectivity index (χ1) is 11.2. The maximum Gasteiger partial charge on any atom is 0.209 e. The van der Waals surface area contributed by atoms with Gasteiger partial charge in [-0.1, -0.05) is 36.2 Å². The molecule has 3 rings (SSSR count). The second kappa shape index (κ2) is 7.99. The molecule has 1 aromatic heterocycles. The molecule has 1 atom stereocenters. The summed E-state index contributed by atoms with van der Waals surface area (Å²) in [6.07, 6.45) is 4.12. The van der Waals surface area contributed by atoms with Crippen molar-refractivity contribution in [2.45, 2.75) is 43.0 Å². The summed E-state index contributed by atoms with van der Waals surface area (Å²) in [5.41, 5.74) is 0. The molecule has 1 aliphatic carbocycles. The predicted octanol–water partition coefficient (Wildman–Crippen LogP) is 2.97. The topological polar surface area (TPSA) is 73.1 Å². The van der Waals surface area contributed by atoms with E-state index in [9.17, 15) is 5.11 Å². The van der Waals surface area contributed by atoms with Gasteiger partial charge in [-0.25, -0.2) is 4.68 Å². The van der Waals surface area contributed by atoms with E-state index in [0.29, 0.717) is 22.6 Å². The van der Waals surface area contributed by atoms with E-state index in [1.165, 1.54) is 24.6 Å². The zero-order valence-corrected chi connectivity index (χ0v) is 14.2. The van der Waals surface area contributed by atoms with Crippen LogP contribution in [0.4, 0.5) is 0 Å². The Hall–Kier alpha value is -1.31. The number of halogens is 1. The molecule has 0 spiro atoms. The number of benzene rings is 1. The van der Waals surface area contributed by atoms with Crippen LogP contribution in [0, 0.1) is 0 Å². The van der Waals surface area contributed by atoms with E-state index >= 15 is 0 Å². The molecular weight excluding hydrogens is 336 g/mol. The van der Waals surface area contributed by atoms with Gasteiger partial charge >= 0.3 is 0 Å². The standard InChI is InChI=1S/C15H19ClN4O2S/c16-11-5-7-14(8-6-11)22-9-13(21)10-23-15-17-18-19-20(15)12-3-1-2-4-12/h5-8,12-13,21H,1-4,9-10H2. The van der Waals surface area contributed by atoms with E-state index < -0.39 is 6.10 Å². The van der Waals surface area contributed by atoms with E-state index in [-0.39, 0.29) is 6.61 Å². The van der Waals surface area contributed by atoms with Crippen molar-refractivity contribution in [1.29, 1.82) is 0 Å². The van der Waals surface area contributed by atoms with E-state index in [0.717, 1.165) is 18.0 Å². The molecule has 1 fully saturated rings. The van der Waals surface area contributed by atoms with Crippen molar-refractivity contribution in [2.24, 2.45) is 0 Å². The van der Waals surface area contributed by atoms with Gasteiger partial charge in [0, 0.05) is 10.8 Å². The third-order valence-corrected chi connectivity index (χ3v) is 5.12. The summed E-state index contributed by atoms with van der Waals surface area (Å²) in [5.74, 6) is 1.18. The molecule has 8 heteroatoms. The van der Waals surface area contributed by atoms with Crippen LogP contribution >= 0.6 is 23.4 Å². The minimum atomic E-state index is -0.593. The highest BCUT2D eigenvalue weighted by atomic mass is 35.5. The number of aliphatic hydroxyl groups excluding tert-OH is 1. The van der Waals surface area contributed by atoms with E-state index in [1.54, 1.807) is 24.3 Å². The van der Waals surface area contributed by atoms with Crippen LogP contribution in [-0.4, -0.2) is 43.8 Å². The minimum absolute atomic E-state index is 0.222. The van der Waals surface area contributed by atoms with Crippen molar-refractivity contribution in [3.63, 3.8) is 0 Å². The number of thioether (sulfide) groups is 1. The van der Waals surface area contributed by atoms with Crippen LogP contribution in [0.15, 0.2) is 29.4 Å². The van der Waals surface area contributed by atoms with Gasteiger partial charge in [0.15, 0.2) is 0 Å². The molecule has 1 aromatic carbocycles. The lowest BCUT2D eigenvalue weighted by Gasteiger charge is -2.13. The van der Waals surface area contributed by atoms with Crippen LogP contribution in [0.3, 0.4) is 0 Å². The van der Waals surface area contributed by atoms with Gasteiger partial charge in [0.2, 0.25) is 5.16 Å². The molecular formula is C15H19ClN4O2S. The molecule has 0 radical (unpaired) electrons. The fourth-order valence-electron chi connectivity index (χ4n) is 2.60. The summed E-state index contributed by atoms with van der Waals surface area (Å²) < 4.78 is 7.44. The van der Waals surface area contributed by atoms with Gasteiger partial charge in [0.25, 0.3) is 0 Å². The number of aliphatic hydroxyl groups is 1. The monoisotopic (exact) mass is 354 g/mol. The Morgan fingerprint density at radius 2 is 2.04 bits per heavy atom. The fraction of sp³-hybridized carbons (Fsp3) is 0.533. The van der Waals surface area contributed by atoms with E-state index in [1.807, 2.05) is 4.68 Å². The lowest BCUT2D eigenvalue weighted by atomic mass is 10.3. The number of tetrazole rings is 1. The maximum absolute atomic E-state index is 10.1. The Kier molecular flexibility index (Phi) is 5.75. The normalized spacial score (nSPS) is 16.6. The third-order valence-electron chi connectivity index (χ3n) is 3.79. The Labute approximate surface area is 144 Å². The first-order valence-electron chi connectivity index (χ1n) is 7.69. The molecule has 2 aromatic rings. The quantitative estimate of drug-likeness (QED) is 0.770. The molecule has 1 aliphatic rings. The highest BCUT2D eigenvalue weighted by Gasteiger charge is 2.22. The van der Waals surface area contributed by atoms with Crippen LogP contribution in [0.1, 0.15) is 31.7 Å². The van der Waals surface area contributed by atoms with Crippen molar-refractivity contribution in [3.05, 3.63) is 29.3 Å². The van der Waals surface area contributed by atoms with Crippen molar-refractivity contribution in [2.75, 3.05) is 12.4 Å².